The van der Waals surface area contributed by atoms with Gasteiger partial charge in [-0.3, -0.25) is 4.90 Å². The van der Waals surface area contributed by atoms with Gasteiger partial charge in [0.1, 0.15) is 12.7 Å². The molecule has 34 heavy (non-hydrogen) atoms. The number of likely N-dealkylation sites (tertiary alicyclic amines) is 1. The number of β-amino-alcohol motifs (C(OH)–C–C–N with tert-alkyl or cyclic N) is 1. The smallest absolute Gasteiger partial charge is 0.161 e. The molecule has 1 aliphatic heterocycles. The third kappa shape index (κ3) is 9.69. The van der Waals surface area contributed by atoms with Crippen molar-refractivity contribution in [2.24, 2.45) is 0 Å². The van der Waals surface area contributed by atoms with Crippen molar-refractivity contribution in [1.29, 1.82) is 0 Å². The molecule has 0 radical (unpaired) electrons. The molecule has 198 valence electrons. The van der Waals surface area contributed by atoms with E-state index in [4.69, 9.17) is 14.2 Å². The van der Waals surface area contributed by atoms with Crippen molar-refractivity contribution in [1.82, 2.24) is 10.2 Å². The highest BCUT2D eigenvalue weighted by atomic mass is 35.5. The van der Waals surface area contributed by atoms with Crippen LogP contribution in [0.3, 0.4) is 0 Å². The molecule has 9 heteroatoms. The Morgan fingerprint density at radius 3 is 2.56 bits per heavy atom. The number of methoxy groups -OCH3 is 1. The molecule has 3 rings (SSSR count). The van der Waals surface area contributed by atoms with Gasteiger partial charge in [0, 0.05) is 31.7 Å². The lowest BCUT2D eigenvalue weighted by atomic mass is 9.91. The average Bonchev–Trinajstić information content (AvgIpc) is 3.23. The van der Waals surface area contributed by atoms with Gasteiger partial charge in [-0.05, 0) is 43.4 Å². The number of hydrogen-bond donors (Lipinski definition) is 3. The molecule has 0 aromatic heterocycles. The first-order chi connectivity index (χ1) is 15.5. The number of nitrogens with one attached hydrogen (secondary N) is 1. The average molecular weight is 524 g/mol. The zero-order valence-corrected chi connectivity index (χ0v) is 22.4. The molecule has 1 heterocycles. The number of rotatable bonds is 12. The lowest BCUT2D eigenvalue weighted by Crippen LogP contribution is -2.46. The van der Waals surface area contributed by atoms with Crippen molar-refractivity contribution in [2.45, 2.75) is 82.8 Å². The van der Waals surface area contributed by atoms with Crippen molar-refractivity contribution in [3.63, 3.8) is 0 Å². The van der Waals surface area contributed by atoms with Crippen molar-refractivity contribution in [3.8, 4) is 11.5 Å². The number of aliphatic hydroxyl groups is 2. The van der Waals surface area contributed by atoms with E-state index in [1.807, 2.05) is 32.0 Å². The minimum absolute atomic E-state index is 0. The first-order valence-electron chi connectivity index (χ1n) is 12.2. The molecule has 0 spiro atoms. The second-order valence-electron chi connectivity index (χ2n) is 9.46. The lowest BCUT2D eigenvalue weighted by Gasteiger charge is -2.37. The maximum absolute atomic E-state index is 10.1. The zero-order valence-electron chi connectivity index (χ0n) is 20.8. The van der Waals surface area contributed by atoms with E-state index in [9.17, 15) is 10.2 Å². The Bertz CT molecular complexity index is 697. The normalized spacial score (nSPS) is 23.8. The summed E-state index contributed by atoms with van der Waals surface area (Å²) in [5.41, 5.74) is 1.14. The molecule has 1 aromatic carbocycles. The largest absolute Gasteiger partial charge is 0.493 e. The Kier molecular flexibility index (Phi) is 14.7. The van der Waals surface area contributed by atoms with E-state index < -0.39 is 6.10 Å². The van der Waals surface area contributed by atoms with Crippen molar-refractivity contribution >= 4 is 24.8 Å². The van der Waals surface area contributed by atoms with Crippen LogP contribution in [0.1, 0.15) is 51.5 Å². The molecule has 1 saturated carbocycles. The van der Waals surface area contributed by atoms with Crippen LogP contribution in [0, 0.1) is 0 Å². The Balaban J connectivity index is 0.00000289. The summed E-state index contributed by atoms with van der Waals surface area (Å²) in [7, 11) is 1.64. The Hall–Kier alpha value is -0.800. The van der Waals surface area contributed by atoms with Gasteiger partial charge < -0.3 is 29.7 Å². The summed E-state index contributed by atoms with van der Waals surface area (Å²) in [6, 6.07) is 6.70. The zero-order chi connectivity index (χ0) is 22.9. The fourth-order valence-electron chi connectivity index (χ4n) is 4.69. The van der Waals surface area contributed by atoms with Gasteiger partial charge in [-0.25, -0.2) is 0 Å². The summed E-state index contributed by atoms with van der Waals surface area (Å²) < 4.78 is 17.6. The summed E-state index contributed by atoms with van der Waals surface area (Å²) in [6.45, 7) is 7.23. The summed E-state index contributed by atoms with van der Waals surface area (Å²) in [5, 5.41) is 23.2. The second kappa shape index (κ2) is 16.0. The number of aliphatic hydroxyl groups excluding tert-OH is 2. The number of hydrogen-bond acceptors (Lipinski definition) is 7. The summed E-state index contributed by atoms with van der Waals surface area (Å²) in [5.74, 6) is 1.31. The van der Waals surface area contributed by atoms with Crippen molar-refractivity contribution in [3.05, 3.63) is 23.8 Å². The van der Waals surface area contributed by atoms with Gasteiger partial charge in [0.2, 0.25) is 0 Å². The summed E-state index contributed by atoms with van der Waals surface area (Å²) in [4.78, 5) is 2.43. The molecule has 1 aromatic rings. The predicted molar refractivity (Wildman–Crippen MR) is 140 cm³/mol. The topological polar surface area (TPSA) is 83.4 Å². The number of halogens is 2. The predicted octanol–water partition coefficient (Wildman–Crippen LogP) is 3.21. The first-order valence-corrected chi connectivity index (χ1v) is 12.2. The molecular weight excluding hydrogens is 479 g/mol. The number of ether oxygens (including phenoxy) is 3. The third-order valence-corrected chi connectivity index (χ3v) is 6.48. The van der Waals surface area contributed by atoms with E-state index in [0.717, 1.165) is 44.3 Å². The van der Waals surface area contributed by atoms with Crippen LogP contribution in [-0.2, 0) is 11.2 Å². The Labute approximate surface area is 217 Å². The maximum Gasteiger partial charge on any atom is 0.161 e. The molecule has 3 N–H and O–H groups in total. The van der Waals surface area contributed by atoms with Gasteiger partial charge in [0.15, 0.2) is 11.5 Å². The van der Waals surface area contributed by atoms with E-state index in [1.54, 1.807) is 7.11 Å². The highest BCUT2D eigenvalue weighted by molar-refractivity contribution is 5.85. The second-order valence-corrected chi connectivity index (χ2v) is 9.46. The molecule has 1 saturated heterocycles. The van der Waals surface area contributed by atoms with Crippen LogP contribution in [0.2, 0.25) is 0 Å². The number of benzene rings is 1. The summed E-state index contributed by atoms with van der Waals surface area (Å²) >= 11 is 0. The molecule has 0 amide bonds. The molecular formula is C25H44Cl2N2O5. The van der Waals surface area contributed by atoms with Gasteiger partial charge in [-0.2, -0.15) is 0 Å². The molecule has 1 aliphatic carbocycles. The van der Waals surface area contributed by atoms with Gasteiger partial charge in [-0.15, -0.1) is 24.8 Å². The highest BCUT2D eigenvalue weighted by Gasteiger charge is 2.34. The quantitative estimate of drug-likeness (QED) is 0.388. The van der Waals surface area contributed by atoms with Gasteiger partial charge in [0.25, 0.3) is 0 Å². The Morgan fingerprint density at radius 1 is 1.12 bits per heavy atom. The lowest BCUT2D eigenvalue weighted by molar-refractivity contribution is -0.0316. The third-order valence-electron chi connectivity index (χ3n) is 6.48. The molecule has 2 fully saturated rings. The van der Waals surface area contributed by atoms with Crippen LogP contribution < -0.4 is 14.8 Å². The van der Waals surface area contributed by atoms with Crippen LogP contribution in [-0.4, -0.2) is 85.5 Å². The van der Waals surface area contributed by atoms with Crippen LogP contribution >= 0.6 is 24.8 Å². The fraction of sp³-hybridized carbons (Fsp3) is 0.760. The minimum Gasteiger partial charge on any atom is -0.493 e. The molecule has 1 unspecified atom stereocenters. The van der Waals surface area contributed by atoms with Gasteiger partial charge >= 0.3 is 0 Å². The maximum atomic E-state index is 10.1. The summed E-state index contributed by atoms with van der Waals surface area (Å²) in [6.07, 6.45) is 5.91. The fourth-order valence-corrected chi connectivity index (χ4v) is 4.69. The number of nitrogens with zero attached hydrogens (tertiary/aromatic N) is 1. The molecule has 4 atom stereocenters. The van der Waals surface area contributed by atoms with Crippen LogP contribution in [0.4, 0.5) is 0 Å². The van der Waals surface area contributed by atoms with E-state index in [2.05, 4.69) is 10.2 Å². The van der Waals surface area contributed by atoms with Crippen molar-refractivity contribution < 1.29 is 24.4 Å². The van der Waals surface area contributed by atoms with E-state index in [1.165, 1.54) is 12.8 Å². The minimum atomic E-state index is -0.574. The monoisotopic (exact) mass is 522 g/mol. The van der Waals surface area contributed by atoms with E-state index >= 15 is 0 Å². The molecule has 2 aliphatic rings. The van der Waals surface area contributed by atoms with Crippen LogP contribution in [0.25, 0.3) is 0 Å². The van der Waals surface area contributed by atoms with Gasteiger partial charge in [0.05, 0.1) is 25.9 Å². The SMILES string of the molecule is COc1cc(CCO[C@H]2CCCC[C@@H]2N2CCC(O)C2)ccc1OC[C@@H](O)CNC(C)C.Cl.Cl. The van der Waals surface area contributed by atoms with Crippen molar-refractivity contribution in [2.75, 3.05) is 40.0 Å². The first kappa shape index (κ1) is 31.2. The van der Waals surface area contributed by atoms with E-state index in [-0.39, 0.29) is 43.6 Å². The van der Waals surface area contributed by atoms with E-state index in [0.29, 0.717) is 36.7 Å². The Morgan fingerprint density at radius 2 is 1.88 bits per heavy atom. The molecule has 7 nitrogen and oxygen atoms in total. The van der Waals surface area contributed by atoms with Gasteiger partial charge in [-0.1, -0.05) is 32.8 Å². The highest BCUT2D eigenvalue weighted by Crippen LogP contribution is 2.30. The standard InChI is InChI=1S/C25H42N2O5.2ClH/c1-18(2)26-15-21(29)17-32-24-9-8-19(14-25(24)30-3)11-13-31-23-7-5-4-6-22(23)27-12-10-20(28)16-27;;/h8-9,14,18,20-23,26,28-29H,4-7,10-13,15-17H2,1-3H3;2*1H/t20?,21-,22-,23-;;/m0../s1. The van der Waals surface area contributed by atoms with Crippen LogP contribution in [0.15, 0.2) is 18.2 Å². The molecule has 0 bridgehead atoms. The van der Waals surface area contributed by atoms with Crippen LogP contribution in [0.5, 0.6) is 11.5 Å².